The average Bonchev–Trinajstić information content (AvgIpc) is 2.30. The molecule has 0 unspecified atom stereocenters. The molecular formula is C12H9FO2S. The van der Waals surface area contributed by atoms with Gasteiger partial charge in [-0.2, -0.15) is 0 Å². The van der Waals surface area contributed by atoms with Crippen LogP contribution in [0.3, 0.4) is 0 Å². The van der Waals surface area contributed by atoms with Crippen molar-refractivity contribution in [3.8, 4) is 11.1 Å². The van der Waals surface area contributed by atoms with Crippen LogP contribution >= 0.6 is 0 Å². The first-order chi connectivity index (χ1) is 7.68. The zero-order valence-corrected chi connectivity index (χ0v) is 9.15. The van der Waals surface area contributed by atoms with Crippen LogP contribution in [0.15, 0.2) is 53.4 Å². The van der Waals surface area contributed by atoms with Gasteiger partial charge in [0, 0.05) is 5.56 Å². The molecule has 2 aromatic rings. The van der Waals surface area contributed by atoms with Crippen LogP contribution in [-0.2, 0) is 10.7 Å². The van der Waals surface area contributed by atoms with Gasteiger partial charge in [0.05, 0.1) is 4.90 Å². The molecule has 2 rings (SSSR count). The highest BCUT2D eigenvalue weighted by Crippen LogP contribution is 2.24. The van der Waals surface area contributed by atoms with Gasteiger partial charge in [-0.3, -0.25) is 0 Å². The summed E-state index contributed by atoms with van der Waals surface area (Å²) >= 11 is 0. The van der Waals surface area contributed by atoms with E-state index in [-0.39, 0.29) is 10.7 Å². The van der Waals surface area contributed by atoms with Crippen molar-refractivity contribution in [2.45, 2.75) is 4.90 Å². The van der Waals surface area contributed by atoms with E-state index in [9.17, 15) is 12.8 Å². The van der Waals surface area contributed by atoms with Crippen molar-refractivity contribution in [1.82, 2.24) is 0 Å². The Morgan fingerprint density at radius 2 is 1.50 bits per heavy atom. The van der Waals surface area contributed by atoms with E-state index in [1.54, 1.807) is 30.3 Å². The van der Waals surface area contributed by atoms with Crippen molar-refractivity contribution >= 4 is 10.7 Å². The van der Waals surface area contributed by atoms with Gasteiger partial charge >= 0.3 is 0 Å². The number of hydrogen-bond acceptors (Lipinski definition) is 2. The molecule has 0 atom stereocenters. The van der Waals surface area contributed by atoms with Crippen LogP contribution in [0.2, 0.25) is 0 Å². The van der Waals surface area contributed by atoms with Gasteiger partial charge in [0.15, 0.2) is 10.7 Å². The van der Waals surface area contributed by atoms with Gasteiger partial charge in [-0.1, -0.05) is 30.3 Å². The van der Waals surface area contributed by atoms with Crippen LogP contribution in [0.1, 0.15) is 0 Å². The normalized spacial score (nSPS) is 10.6. The lowest BCUT2D eigenvalue weighted by atomic mass is 10.1. The van der Waals surface area contributed by atoms with E-state index in [1.807, 2.05) is 0 Å². The fourth-order valence-electron chi connectivity index (χ4n) is 1.51. The topological polar surface area (TPSA) is 34.1 Å². The lowest BCUT2D eigenvalue weighted by molar-refractivity contribution is 0.615. The highest BCUT2D eigenvalue weighted by atomic mass is 32.2. The van der Waals surface area contributed by atoms with Crippen LogP contribution in [0.5, 0.6) is 0 Å². The predicted octanol–water partition coefficient (Wildman–Crippen LogP) is 2.46. The molecule has 0 N–H and O–H groups in total. The van der Waals surface area contributed by atoms with E-state index >= 15 is 0 Å². The van der Waals surface area contributed by atoms with Crippen molar-refractivity contribution in [3.63, 3.8) is 0 Å². The SMILES string of the molecule is O=[SH](=O)c1ccccc1-c1ccc(F)cc1. The van der Waals surface area contributed by atoms with Crippen molar-refractivity contribution in [2.75, 3.05) is 0 Å². The zero-order chi connectivity index (χ0) is 11.5. The maximum Gasteiger partial charge on any atom is 0.168 e. The molecule has 0 bridgehead atoms. The van der Waals surface area contributed by atoms with Gasteiger partial charge in [0.1, 0.15) is 5.82 Å². The molecule has 0 fully saturated rings. The fourth-order valence-corrected chi connectivity index (χ4v) is 2.11. The van der Waals surface area contributed by atoms with Crippen LogP contribution in [0.4, 0.5) is 4.39 Å². The first-order valence-corrected chi connectivity index (χ1v) is 5.85. The number of hydrogen-bond donors (Lipinski definition) is 1. The summed E-state index contributed by atoms with van der Waals surface area (Å²) < 4.78 is 34.8. The largest absolute Gasteiger partial charge is 0.227 e. The molecule has 0 heterocycles. The summed E-state index contributed by atoms with van der Waals surface area (Å²) in [7, 11) is -2.64. The monoisotopic (exact) mass is 236 g/mol. The summed E-state index contributed by atoms with van der Waals surface area (Å²) in [6.07, 6.45) is 0. The summed E-state index contributed by atoms with van der Waals surface area (Å²) in [4.78, 5) is 0.254. The van der Waals surface area contributed by atoms with Crippen LogP contribution in [-0.4, -0.2) is 8.42 Å². The van der Waals surface area contributed by atoms with Crippen LogP contribution < -0.4 is 0 Å². The van der Waals surface area contributed by atoms with Gasteiger partial charge in [-0.05, 0) is 23.8 Å². The Bertz CT molecular complexity index is 566. The van der Waals surface area contributed by atoms with Gasteiger partial charge < -0.3 is 0 Å². The van der Waals surface area contributed by atoms with Gasteiger partial charge in [-0.15, -0.1) is 0 Å². The first kappa shape index (κ1) is 10.8. The third kappa shape index (κ3) is 2.12. The summed E-state index contributed by atoms with van der Waals surface area (Å²) in [5.41, 5.74) is 1.29. The molecular weight excluding hydrogens is 227 g/mol. The molecule has 0 saturated carbocycles. The minimum atomic E-state index is -2.64. The van der Waals surface area contributed by atoms with Crippen molar-refractivity contribution in [3.05, 3.63) is 54.3 Å². The van der Waals surface area contributed by atoms with Crippen molar-refractivity contribution in [1.29, 1.82) is 0 Å². The standard InChI is InChI=1S/C12H9FO2S/c13-10-7-5-9(6-8-10)11-3-1-2-4-12(11)16(14)15/h1-8,16H. The van der Waals surface area contributed by atoms with E-state index in [1.165, 1.54) is 18.2 Å². The van der Waals surface area contributed by atoms with Crippen molar-refractivity contribution < 1.29 is 12.8 Å². The van der Waals surface area contributed by atoms with E-state index in [4.69, 9.17) is 0 Å². The molecule has 0 saturated heterocycles. The summed E-state index contributed by atoms with van der Waals surface area (Å²) in [6.45, 7) is 0. The van der Waals surface area contributed by atoms with Gasteiger partial charge in [0.2, 0.25) is 0 Å². The Labute approximate surface area is 94.3 Å². The molecule has 2 aromatic carbocycles. The summed E-state index contributed by atoms with van der Waals surface area (Å²) in [5, 5.41) is 0. The second-order valence-electron chi connectivity index (χ2n) is 3.28. The Morgan fingerprint density at radius 1 is 0.875 bits per heavy atom. The lowest BCUT2D eigenvalue weighted by Crippen LogP contribution is -1.87. The van der Waals surface area contributed by atoms with Gasteiger partial charge in [0.25, 0.3) is 0 Å². The highest BCUT2D eigenvalue weighted by molar-refractivity contribution is 7.72. The molecule has 0 spiro atoms. The Kier molecular flexibility index (Phi) is 3.01. The third-order valence-corrected chi connectivity index (χ3v) is 3.04. The molecule has 0 radical (unpaired) electrons. The zero-order valence-electron chi connectivity index (χ0n) is 8.26. The lowest BCUT2D eigenvalue weighted by Gasteiger charge is -2.04. The first-order valence-electron chi connectivity index (χ1n) is 4.68. The Morgan fingerprint density at radius 3 is 2.12 bits per heavy atom. The van der Waals surface area contributed by atoms with E-state index in [0.717, 1.165) is 0 Å². The molecule has 0 aliphatic rings. The molecule has 0 aliphatic carbocycles. The number of thiol groups is 1. The molecule has 0 amide bonds. The second-order valence-corrected chi connectivity index (χ2v) is 4.28. The second kappa shape index (κ2) is 4.45. The molecule has 0 aromatic heterocycles. The highest BCUT2D eigenvalue weighted by Gasteiger charge is 2.05. The molecule has 4 heteroatoms. The molecule has 82 valence electrons. The fraction of sp³-hybridized carbons (Fsp3) is 0. The quantitative estimate of drug-likeness (QED) is 0.813. The Hall–Kier alpha value is -1.68. The third-order valence-electron chi connectivity index (χ3n) is 2.26. The average molecular weight is 236 g/mol. The maximum atomic E-state index is 12.7. The predicted molar refractivity (Wildman–Crippen MR) is 60.4 cm³/mol. The van der Waals surface area contributed by atoms with Gasteiger partial charge in [-0.25, -0.2) is 12.8 Å². The smallest absolute Gasteiger partial charge is 0.168 e. The van der Waals surface area contributed by atoms with Crippen LogP contribution in [0, 0.1) is 5.82 Å². The van der Waals surface area contributed by atoms with Crippen molar-refractivity contribution in [2.24, 2.45) is 0 Å². The summed E-state index contributed by atoms with van der Waals surface area (Å²) in [6, 6.07) is 12.4. The number of halogens is 1. The minimum absolute atomic E-state index is 0.254. The summed E-state index contributed by atoms with van der Waals surface area (Å²) in [5.74, 6) is -0.340. The van der Waals surface area contributed by atoms with E-state index < -0.39 is 10.7 Å². The maximum absolute atomic E-state index is 12.7. The van der Waals surface area contributed by atoms with E-state index in [2.05, 4.69) is 0 Å². The van der Waals surface area contributed by atoms with Crippen LogP contribution in [0.25, 0.3) is 11.1 Å². The number of rotatable bonds is 2. The Balaban J connectivity index is 2.60. The molecule has 16 heavy (non-hydrogen) atoms. The minimum Gasteiger partial charge on any atom is -0.227 e. The number of benzene rings is 2. The van der Waals surface area contributed by atoms with E-state index in [0.29, 0.717) is 11.1 Å². The molecule has 0 aliphatic heterocycles. The molecule has 2 nitrogen and oxygen atoms in total.